The van der Waals surface area contributed by atoms with Gasteiger partial charge >= 0.3 is 35.1 Å². The van der Waals surface area contributed by atoms with Gasteiger partial charge in [-0.25, -0.2) is 23.3 Å². The van der Waals surface area contributed by atoms with Crippen molar-refractivity contribution >= 4 is 84.2 Å². The van der Waals surface area contributed by atoms with Crippen molar-refractivity contribution in [3.63, 3.8) is 0 Å². The summed E-state index contributed by atoms with van der Waals surface area (Å²) in [5.41, 5.74) is 3.79. The van der Waals surface area contributed by atoms with Crippen molar-refractivity contribution < 1.29 is 80.1 Å². The molecule has 1 aliphatic carbocycles. The maximum Gasteiger partial charge on any atom is 0.490 e. The van der Waals surface area contributed by atoms with Crippen LogP contribution in [0.15, 0.2) is 74.6 Å². The summed E-state index contributed by atoms with van der Waals surface area (Å²) in [5, 5.41) is 13.6. The molecule has 7 atom stereocenters. The Kier molecular flexibility index (Phi) is 22.7. The lowest BCUT2D eigenvalue weighted by molar-refractivity contribution is -0.0543. The van der Waals surface area contributed by atoms with Gasteiger partial charge in [-0.3, -0.25) is 28.7 Å². The number of nitrogens with one attached hydrogen (secondary N) is 2. The number of ether oxygens (including phenoxy) is 4. The number of hydrogen-bond donors (Lipinski definition) is 7. The number of hydrogen-bond acceptors (Lipinski definition) is 19. The number of benzene rings is 2. The molecule has 1 fully saturated rings. The van der Waals surface area contributed by atoms with E-state index in [4.69, 9.17) is 33.3 Å². The Morgan fingerprint density at radius 3 is 2.36 bits per heavy atom. The summed E-state index contributed by atoms with van der Waals surface area (Å²) in [7, 11) is -11.4. The third-order valence-electron chi connectivity index (χ3n) is 12.0. The number of nitrogens with zero attached hydrogens (tertiary/aromatic N) is 2. The Morgan fingerprint density at radius 1 is 0.963 bits per heavy atom. The van der Waals surface area contributed by atoms with Crippen molar-refractivity contribution in [3.8, 4) is 17.6 Å². The van der Waals surface area contributed by atoms with E-state index >= 15 is 0 Å². The summed E-state index contributed by atoms with van der Waals surface area (Å²) in [5.74, 6) is 4.63. The maximum absolute atomic E-state index is 13.7. The molecule has 30 heteroatoms. The molecule has 23 nitrogen and oxygen atoms in total. The fourth-order valence-electron chi connectivity index (χ4n) is 8.58. The quantitative estimate of drug-likeness (QED) is 0.0137. The van der Waals surface area contributed by atoms with Gasteiger partial charge in [-0.15, -0.1) is 0 Å². The number of phosphoric ester groups is 1. The predicted molar refractivity (Wildman–Crippen MR) is 308 cm³/mol. The zero-order valence-corrected chi connectivity index (χ0v) is 51.1. The third kappa shape index (κ3) is 18.6. The molecule has 1 aromatic heterocycles. The number of carbonyl (C=O) groups is 2. The number of rotatable bonds is 25. The Balaban J connectivity index is 1.05. The Hall–Kier alpha value is -3.74. The van der Waals surface area contributed by atoms with Crippen LogP contribution in [0, 0.1) is 24.7 Å². The van der Waals surface area contributed by atoms with Gasteiger partial charge in [0.2, 0.25) is 0 Å². The highest BCUT2D eigenvalue weighted by Gasteiger charge is 2.44. The van der Waals surface area contributed by atoms with Gasteiger partial charge in [-0.05, 0) is 81.5 Å². The normalized spacial score (nSPS) is 21.2. The fraction of sp³-hybridized carbons (Fsp3) is 0.500. The van der Waals surface area contributed by atoms with Crippen LogP contribution < -0.4 is 21.3 Å². The fourth-order valence-corrected chi connectivity index (χ4v) is 15.7. The number of carbonyl (C=O) groups excluding carboxylic acids is 1. The maximum atomic E-state index is 13.7. The topological polar surface area (TPSA) is 330 Å². The van der Waals surface area contributed by atoms with E-state index in [1.807, 2.05) is 54.5 Å². The Morgan fingerprint density at radius 2 is 1.69 bits per heavy atom. The second kappa shape index (κ2) is 27.8. The smallest absolute Gasteiger partial charge is 0.478 e. The van der Waals surface area contributed by atoms with Gasteiger partial charge in [0.25, 0.3) is 11.5 Å². The van der Waals surface area contributed by atoms with E-state index < -0.39 is 82.3 Å². The summed E-state index contributed by atoms with van der Waals surface area (Å²) in [6, 6.07) is 8.95. The molecule has 1 amide bonds. The summed E-state index contributed by atoms with van der Waals surface area (Å²) in [6.07, 6.45) is 3.59. The number of aromatic amines is 1. The number of aliphatic imine (C=N–C) groups is 1. The number of aryl methyl sites for hydroxylation is 2. The molecule has 2 aromatic carbocycles. The van der Waals surface area contributed by atoms with E-state index in [9.17, 15) is 47.8 Å². The molecule has 0 bridgehead atoms. The molecule has 0 spiro atoms. The lowest BCUT2D eigenvalue weighted by atomic mass is 9.72. The van der Waals surface area contributed by atoms with Crippen LogP contribution in [-0.4, -0.2) is 112 Å². The van der Waals surface area contributed by atoms with Gasteiger partial charge in [0.15, 0.2) is 0 Å². The van der Waals surface area contributed by atoms with Gasteiger partial charge in [0, 0.05) is 64.2 Å². The minimum absolute atomic E-state index is 0.00886. The molecule has 3 aromatic rings. The molecule has 4 unspecified atom stereocenters. The highest BCUT2D eigenvalue weighted by molar-refractivity contribution is 8.77. The van der Waals surface area contributed by atoms with Crippen molar-refractivity contribution in [1.29, 1.82) is 0 Å². The highest BCUT2D eigenvalue weighted by Crippen LogP contribution is 2.66. The van der Waals surface area contributed by atoms with Crippen molar-refractivity contribution in [2.45, 2.75) is 115 Å². The van der Waals surface area contributed by atoms with Crippen LogP contribution in [0.1, 0.15) is 129 Å². The minimum Gasteiger partial charge on any atom is -0.478 e. The van der Waals surface area contributed by atoms with Crippen LogP contribution in [0.4, 0.5) is 0 Å². The summed E-state index contributed by atoms with van der Waals surface area (Å²) in [6.45, 7) is 17.7. The second-order valence-corrected chi connectivity index (χ2v) is 30.5. The predicted octanol–water partition coefficient (Wildman–Crippen LogP) is 9.01. The lowest BCUT2D eigenvalue weighted by Gasteiger charge is -2.37. The second-order valence-electron chi connectivity index (χ2n) is 20.0. The number of carboxylic acids is 1. The zero-order valence-electron chi connectivity index (χ0n) is 45.2. The van der Waals surface area contributed by atoms with Gasteiger partial charge < -0.3 is 48.9 Å². The molecule has 2 aliphatic heterocycles. The number of H-pyrrole nitrogens is 1. The average molecular weight is 1250 g/mol. The summed E-state index contributed by atoms with van der Waals surface area (Å²) >= 11 is 0. The monoisotopic (exact) mass is 1250 g/mol. The van der Waals surface area contributed by atoms with Crippen LogP contribution in [0.25, 0.3) is 0 Å². The number of amides is 1. The number of phosphoric acid groups is 3. The molecule has 7 N–H and O–H groups in total. The first-order chi connectivity index (χ1) is 37.4. The zero-order chi connectivity index (χ0) is 59.0. The molecule has 3 aliphatic rings. The van der Waals surface area contributed by atoms with E-state index in [2.05, 4.69) is 67.8 Å². The standard InChI is InChI=1S/C50H65N4O19P3S4/c1-10-13-31-21-39-36(18-29(31)3)44(37-19-30(4)38(51-11-2)22-40(37)70-39)34-16-15-32(20-35(34)47(57)58)45(55)52-26-50(8,9)80-77-27-67-17-12-14-33-24-54(48(59)53-46(33)56)43-23-41(68-28-78-79-49(5,6)7)42(71-43)25-69-75(63,64)73-76(65,66)72-74(60,61)62/h15-16,18-22,24,37,41-44H,10-11,13,17,23,25-28H2,1-9H3,(H,52,55)(H,57,58)(H,63,64)(H,65,66)(H,53,56,59)(H2,60,61,62)/t37?,41-,42-,43-,44?/m1/s1. The Labute approximate surface area is 478 Å². The van der Waals surface area contributed by atoms with Gasteiger partial charge in [0.1, 0.15) is 47.9 Å². The van der Waals surface area contributed by atoms with Crippen LogP contribution in [0.3, 0.4) is 0 Å². The van der Waals surface area contributed by atoms with Crippen LogP contribution in [0.2, 0.25) is 0 Å². The molecule has 0 radical (unpaired) electrons. The van der Waals surface area contributed by atoms with Gasteiger partial charge in [0.05, 0.1) is 24.0 Å². The molecule has 6 rings (SSSR count). The van der Waals surface area contributed by atoms with Crippen LogP contribution in [0.5, 0.6) is 5.75 Å². The summed E-state index contributed by atoms with van der Waals surface area (Å²) in [4.78, 5) is 96.7. The molecular formula is C50H65N4O19P3S4. The molecule has 1 saturated heterocycles. The number of carboxylic acid groups (broad SMARTS) is 1. The first-order valence-corrected chi connectivity index (χ1v) is 34.0. The van der Waals surface area contributed by atoms with Crippen molar-refractivity contribution in [1.82, 2.24) is 14.9 Å². The van der Waals surface area contributed by atoms with Crippen molar-refractivity contribution in [3.05, 3.63) is 120 Å². The van der Waals surface area contributed by atoms with Gasteiger partial charge in [-0.1, -0.05) is 107 Å². The van der Waals surface area contributed by atoms with E-state index in [0.29, 0.717) is 23.6 Å². The van der Waals surface area contributed by atoms with E-state index in [1.54, 1.807) is 12.1 Å². The largest absolute Gasteiger partial charge is 0.490 e. The number of fused-ring (bicyclic) bond motifs is 2. The van der Waals surface area contributed by atoms with Crippen molar-refractivity contribution in [2.24, 2.45) is 10.9 Å². The molecular weight excluding hydrogens is 1180 g/mol. The molecule has 438 valence electrons. The number of allylic oxidation sites excluding steroid dienone is 3. The number of aromatic nitrogens is 2. The third-order valence-corrected chi connectivity index (χ3v) is 21.7. The highest BCUT2D eigenvalue weighted by atomic mass is 33.1. The Bertz CT molecular complexity index is 3230. The van der Waals surface area contributed by atoms with Crippen molar-refractivity contribution in [2.75, 3.05) is 38.2 Å². The summed E-state index contributed by atoms with van der Waals surface area (Å²) < 4.78 is 72.3. The number of aromatic carboxylic acids is 1. The van der Waals surface area contributed by atoms with Crippen LogP contribution in [-0.2, 0) is 47.5 Å². The average Bonchev–Trinajstić information content (AvgIpc) is 3.85. The van der Waals surface area contributed by atoms with Crippen LogP contribution >= 0.6 is 66.6 Å². The van der Waals surface area contributed by atoms with Gasteiger partial charge in [-0.2, -0.15) is 8.62 Å². The SMILES string of the molecule is CCCc1cc2c(cc1C)C(c1ccc(C(=O)NCC(C)(C)SSCOCC#Cc3cn([C@H]4C[C@@H](OCSSC(C)(C)C)[C@@H](COP(=O)(O)OP(=O)(O)OP(=O)(O)O)O4)c(=O)[nH]c3=O)cc1C(=O)O)C1C=C(C)C(=NCC)C=C1O2. The van der Waals surface area contributed by atoms with E-state index in [1.165, 1.54) is 49.2 Å². The minimum atomic E-state index is -5.80. The lowest BCUT2D eigenvalue weighted by Crippen LogP contribution is -2.36. The first-order valence-electron chi connectivity index (χ1n) is 24.9. The first kappa shape index (κ1) is 65.4. The molecule has 3 heterocycles. The van der Waals surface area contributed by atoms with E-state index in [0.717, 1.165) is 51.6 Å². The van der Waals surface area contributed by atoms with E-state index in [-0.39, 0.29) is 58.8 Å². The molecule has 0 saturated carbocycles. The molecule has 80 heavy (non-hydrogen) atoms.